The average molecular weight is 439 g/mol. The smallest absolute Gasteiger partial charge is 0.233 e. The Labute approximate surface area is 186 Å². The van der Waals surface area contributed by atoms with Gasteiger partial charge in [-0.1, -0.05) is 18.7 Å². The topological polar surface area (TPSA) is 76.4 Å². The van der Waals surface area contributed by atoms with E-state index in [1.165, 1.54) is 11.8 Å². The highest BCUT2D eigenvalue weighted by atomic mass is 32.2. The van der Waals surface area contributed by atoms with E-state index in [1.54, 1.807) is 19.5 Å². The maximum absolute atomic E-state index is 12.8. The van der Waals surface area contributed by atoms with E-state index >= 15 is 0 Å². The number of hydrogen-bond acceptors (Lipinski definition) is 7. The number of carbonyl (C=O) groups excluding carboxylic acids is 1. The van der Waals surface area contributed by atoms with Gasteiger partial charge in [-0.05, 0) is 42.9 Å². The lowest BCUT2D eigenvalue weighted by atomic mass is 10.2. The summed E-state index contributed by atoms with van der Waals surface area (Å²) >= 11 is 1.41. The molecule has 9 heteroatoms. The number of pyridine rings is 1. The predicted octanol–water partition coefficient (Wildman–Crippen LogP) is 2.59. The van der Waals surface area contributed by atoms with Gasteiger partial charge in [0.25, 0.3) is 0 Å². The average Bonchev–Trinajstić information content (AvgIpc) is 3.27. The molecule has 3 aromatic rings. The van der Waals surface area contributed by atoms with Crippen LogP contribution in [0.3, 0.4) is 0 Å². The minimum Gasteiger partial charge on any atom is -0.497 e. The van der Waals surface area contributed by atoms with Gasteiger partial charge in [-0.3, -0.25) is 14.3 Å². The van der Waals surface area contributed by atoms with Crippen LogP contribution in [-0.4, -0.2) is 81.0 Å². The largest absolute Gasteiger partial charge is 0.497 e. The van der Waals surface area contributed by atoms with Crippen molar-refractivity contribution in [2.75, 3.05) is 45.6 Å². The van der Waals surface area contributed by atoms with Gasteiger partial charge in [0.05, 0.1) is 12.9 Å². The van der Waals surface area contributed by atoms with Crippen molar-refractivity contribution in [3.63, 3.8) is 0 Å². The molecule has 0 radical (unpaired) electrons. The van der Waals surface area contributed by atoms with Crippen LogP contribution < -0.4 is 4.74 Å². The summed E-state index contributed by atoms with van der Waals surface area (Å²) in [5.41, 5.74) is 1.76. The zero-order valence-corrected chi connectivity index (χ0v) is 18.6. The molecule has 1 fully saturated rings. The van der Waals surface area contributed by atoms with E-state index in [-0.39, 0.29) is 5.91 Å². The Balaban J connectivity index is 1.56. The molecule has 162 valence electrons. The quantitative estimate of drug-likeness (QED) is 0.525. The van der Waals surface area contributed by atoms with Gasteiger partial charge < -0.3 is 14.5 Å². The van der Waals surface area contributed by atoms with E-state index in [4.69, 9.17) is 4.74 Å². The minimum absolute atomic E-state index is 0.132. The molecule has 0 N–H and O–H groups in total. The summed E-state index contributed by atoms with van der Waals surface area (Å²) in [6.45, 7) is 6.59. The van der Waals surface area contributed by atoms with Crippen molar-refractivity contribution < 1.29 is 9.53 Å². The normalized spacial score (nSPS) is 14.6. The molecular weight excluding hydrogens is 412 g/mol. The van der Waals surface area contributed by atoms with Crippen molar-refractivity contribution in [1.82, 2.24) is 29.5 Å². The highest BCUT2D eigenvalue weighted by Crippen LogP contribution is 2.28. The van der Waals surface area contributed by atoms with Crippen LogP contribution in [0.5, 0.6) is 5.75 Å². The van der Waals surface area contributed by atoms with E-state index < -0.39 is 0 Å². The lowest BCUT2D eigenvalue weighted by Crippen LogP contribution is -2.49. The summed E-state index contributed by atoms with van der Waals surface area (Å²) in [5, 5.41) is 9.47. The van der Waals surface area contributed by atoms with Crippen molar-refractivity contribution >= 4 is 17.7 Å². The van der Waals surface area contributed by atoms with Crippen LogP contribution in [0, 0.1) is 0 Å². The molecule has 0 saturated carbocycles. The summed E-state index contributed by atoms with van der Waals surface area (Å²) in [7, 11) is 1.64. The highest BCUT2D eigenvalue weighted by Gasteiger charge is 2.22. The first kappa shape index (κ1) is 21.3. The molecule has 0 unspecified atom stereocenters. The first-order chi connectivity index (χ1) is 15.2. The number of hydrogen-bond donors (Lipinski definition) is 0. The van der Waals surface area contributed by atoms with E-state index in [0.717, 1.165) is 49.7 Å². The van der Waals surface area contributed by atoms with Gasteiger partial charge in [-0.2, -0.15) is 0 Å². The number of aromatic nitrogens is 4. The number of likely N-dealkylation sites (N-methyl/N-ethyl adjacent to an activating group) is 1. The van der Waals surface area contributed by atoms with Gasteiger partial charge in [-0.25, -0.2) is 0 Å². The van der Waals surface area contributed by atoms with Gasteiger partial charge in [-0.15, -0.1) is 10.2 Å². The third-order valence-electron chi connectivity index (χ3n) is 5.38. The molecule has 1 aliphatic heterocycles. The Morgan fingerprint density at radius 1 is 1.10 bits per heavy atom. The SMILES string of the molecule is CCN1CCN(C(=O)CSc2nnc(-c3cccnc3)n2-c2ccc(OC)cc2)CC1. The summed E-state index contributed by atoms with van der Waals surface area (Å²) < 4.78 is 7.25. The standard InChI is InChI=1S/C22H26N6O2S/c1-3-26-11-13-27(14-12-26)20(29)16-31-22-25-24-21(17-5-4-10-23-15-17)28(22)18-6-8-19(30-2)9-7-18/h4-10,15H,3,11-14,16H2,1-2H3. The molecule has 2 aromatic heterocycles. The van der Waals surface area contributed by atoms with Crippen molar-refractivity contribution in [3.05, 3.63) is 48.8 Å². The second-order valence-electron chi connectivity index (χ2n) is 7.19. The number of benzene rings is 1. The maximum Gasteiger partial charge on any atom is 0.233 e. The third kappa shape index (κ3) is 4.88. The molecular formula is C22H26N6O2S. The Hall–Kier alpha value is -2.91. The van der Waals surface area contributed by atoms with E-state index in [2.05, 4.69) is 27.0 Å². The maximum atomic E-state index is 12.8. The Morgan fingerprint density at radius 2 is 1.87 bits per heavy atom. The molecule has 1 saturated heterocycles. The molecule has 1 aliphatic rings. The summed E-state index contributed by atoms with van der Waals surface area (Å²) in [4.78, 5) is 21.3. The Bertz CT molecular complexity index is 1000. The van der Waals surface area contributed by atoms with Crippen LogP contribution in [0.4, 0.5) is 0 Å². The van der Waals surface area contributed by atoms with Crippen molar-refractivity contribution in [2.24, 2.45) is 0 Å². The van der Waals surface area contributed by atoms with Gasteiger partial charge >= 0.3 is 0 Å². The molecule has 31 heavy (non-hydrogen) atoms. The number of piperazine rings is 1. The molecule has 3 heterocycles. The molecule has 4 rings (SSSR count). The fraction of sp³-hybridized carbons (Fsp3) is 0.364. The van der Waals surface area contributed by atoms with Crippen LogP contribution >= 0.6 is 11.8 Å². The summed E-state index contributed by atoms with van der Waals surface area (Å²) in [5.74, 6) is 1.92. The van der Waals surface area contributed by atoms with Crippen LogP contribution in [-0.2, 0) is 4.79 Å². The lowest BCUT2D eigenvalue weighted by molar-refractivity contribution is -0.130. The van der Waals surface area contributed by atoms with Crippen LogP contribution in [0.1, 0.15) is 6.92 Å². The second-order valence-corrected chi connectivity index (χ2v) is 8.13. The fourth-order valence-corrected chi connectivity index (χ4v) is 4.40. The van der Waals surface area contributed by atoms with Gasteiger partial charge in [0, 0.05) is 49.8 Å². The lowest BCUT2D eigenvalue weighted by Gasteiger charge is -2.34. The minimum atomic E-state index is 0.132. The predicted molar refractivity (Wildman–Crippen MR) is 121 cm³/mol. The number of ether oxygens (including phenoxy) is 1. The third-order valence-corrected chi connectivity index (χ3v) is 6.29. The van der Waals surface area contributed by atoms with Crippen molar-refractivity contribution in [3.8, 4) is 22.8 Å². The van der Waals surface area contributed by atoms with Crippen LogP contribution in [0.15, 0.2) is 53.9 Å². The molecule has 0 atom stereocenters. The van der Waals surface area contributed by atoms with Crippen LogP contribution in [0.2, 0.25) is 0 Å². The highest BCUT2D eigenvalue weighted by molar-refractivity contribution is 7.99. The molecule has 0 spiro atoms. The number of thioether (sulfide) groups is 1. The van der Waals surface area contributed by atoms with Crippen LogP contribution in [0.25, 0.3) is 17.1 Å². The zero-order chi connectivity index (χ0) is 21.6. The molecule has 8 nitrogen and oxygen atoms in total. The Kier molecular flexibility index (Phi) is 6.83. The summed E-state index contributed by atoms with van der Waals surface area (Å²) in [6, 6.07) is 11.5. The number of rotatable bonds is 7. The number of carbonyl (C=O) groups is 1. The second kappa shape index (κ2) is 9.93. The monoisotopic (exact) mass is 438 g/mol. The van der Waals surface area contributed by atoms with Gasteiger partial charge in [0.2, 0.25) is 5.91 Å². The van der Waals surface area contributed by atoms with E-state index in [0.29, 0.717) is 16.7 Å². The molecule has 1 aromatic carbocycles. The molecule has 1 amide bonds. The molecule has 0 aliphatic carbocycles. The molecule has 0 bridgehead atoms. The number of methoxy groups -OCH3 is 1. The summed E-state index contributed by atoms with van der Waals surface area (Å²) in [6.07, 6.45) is 3.49. The van der Waals surface area contributed by atoms with Crippen molar-refractivity contribution in [1.29, 1.82) is 0 Å². The van der Waals surface area contributed by atoms with E-state index in [1.807, 2.05) is 45.9 Å². The Morgan fingerprint density at radius 3 is 2.52 bits per heavy atom. The van der Waals surface area contributed by atoms with Crippen molar-refractivity contribution in [2.45, 2.75) is 12.1 Å². The first-order valence-electron chi connectivity index (χ1n) is 10.3. The van der Waals surface area contributed by atoms with E-state index in [9.17, 15) is 4.79 Å². The van der Waals surface area contributed by atoms with Gasteiger partial charge in [0.15, 0.2) is 11.0 Å². The fourth-order valence-electron chi connectivity index (χ4n) is 3.54. The zero-order valence-electron chi connectivity index (χ0n) is 17.8. The van der Waals surface area contributed by atoms with Gasteiger partial charge in [0.1, 0.15) is 5.75 Å². The number of amides is 1. The first-order valence-corrected chi connectivity index (χ1v) is 11.3. The number of nitrogens with zero attached hydrogens (tertiary/aromatic N) is 6.